The Bertz CT molecular complexity index is 982. The molecule has 1 saturated heterocycles. The molecule has 2 aliphatic rings. The second-order valence-corrected chi connectivity index (χ2v) is 8.25. The van der Waals surface area contributed by atoms with Crippen LogP contribution in [-0.4, -0.2) is 41.8 Å². The Kier molecular flexibility index (Phi) is 6.32. The number of ketones is 1. The van der Waals surface area contributed by atoms with Crippen LogP contribution in [0.4, 0.5) is 10.5 Å². The van der Waals surface area contributed by atoms with Gasteiger partial charge in [0.25, 0.3) is 5.91 Å². The van der Waals surface area contributed by atoms with Gasteiger partial charge in [-0.1, -0.05) is 30.3 Å². The van der Waals surface area contributed by atoms with E-state index in [1.165, 1.54) is 5.56 Å². The van der Waals surface area contributed by atoms with Crippen LogP contribution in [0.1, 0.15) is 53.1 Å². The third kappa shape index (κ3) is 4.94. The quantitative estimate of drug-likeness (QED) is 0.691. The standard InChI is InChI=1S/C24H28N4O3/c25-15-16-3-1-4-18(13-16)17-9-11-28(12-10-17)23(30)19-5-2-6-20(14-19)26-24(31)27-21-7-8-22(21)29/h1-6,13-14,17,21H,7-12,15,25H2,(H2,26,27,31). The SMILES string of the molecule is NCc1cccc(C2CCN(C(=O)c3cccc(NC(=O)NC4CCC4=O)c3)CC2)c1. The van der Waals surface area contributed by atoms with Crippen molar-refractivity contribution in [3.05, 3.63) is 65.2 Å². The van der Waals surface area contributed by atoms with E-state index in [1.54, 1.807) is 24.3 Å². The molecule has 7 nitrogen and oxygen atoms in total. The first-order chi connectivity index (χ1) is 15.0. The van der Waals surface area contributed by atoms with Crippen molar-refractivity contribution in [1.82, 2.24) is 10.2 Å². The fourth-order valence-electron chi connectivity index (χ4n) is 4.19. The first kappa shape index (κ1) is 21.1. The fraction of sp³-hybridized carbons (Fsp3) is 0.375. The van der Waals surface area contributed by atoms with Crippen molar-refractivity contribution in [2.45, 2.75) is 44.2 Å². The fourth-order valence-corrected chi connectivity index (χ4v) is 4.19. The molecule has 0 bridgehead atoms. The number of amides is 3. The van der Waals surface area contributed by atoms with E-state index in [2.05, 4.69) is 22.8 Å². The van der Waals surface area contributed by atoms with E-state index in [4.69, 9.17) is 5.73 Å². The first-order valence-corrected chi connectivity index (χ1v) is 10.8. The van der Waals surface area contributed by atoms with Gasteiger partial charge in [-0.05, 0) is 54.5 Å². The van der Waals surface area contributed by atoms with Crippen molar-refractivity contribution < 1.29 is 14.4 Å². The monoisotopic (exact) mass is 420 g/mol. The number of carbonyl (C=O) groups excluding carboxylic acids is 3. The number of carbonyl (C=O) groups is 3. The number of hydrogen-bond donors (Lipinski definition) is 3. The minimum atomic E-state index is -0.428. The van der Waals surface area contributed by atoms with Crippen LogP contribution in [0.2, 0.25) is 0 Å². The van der Waals surface area contributed by atoms with Gasteiger partial charge in [0.05, 0.1) is 6.04 Å². The van der Waals surface area contributed by atoms with E-state index in [-0.39, 0.29) is 11.7 Å². The molecule has 4 rings (SSSR count). The lowest BCUT2D eigenvalue weighted by molar-refractivity contribution is -0.126. The number of nitrogens with one attached hydrogen (secondary N) is 2. The van der Waals surface area contributed by atoms with Gasteiger partial charge in [-0.25, -0.2) is 4.79 Å². The Morgan fingerprint density at radius 3 is 2.48 bits per heavy atom. The second kappa shape index (κ2) is 9.31. The van der Waals surface area contributed by atoms with E-state index in [9.17, 15) is 14.4 Å². The Labute approximate surface area is 182 Å². The smallest absolute Gasteiger partial charge is 0.319 e. The molecule has 1 heterocycles. The molecular formula is C24H28N4O3. The number of likely N-dealkylation sites (tertiary alicyclic amines) is 1. The molecular weight excluding hydrogens is 392 g/mol. The highest BCUT2D eigenvalue weighted by Crippen LogP contribution is 2.29. The zero-order valence-electron chi connectivity index (χ0n) is 17.5. The van der Waals surface area contributed by atoms with Crippen molar-refractivity contribution in [2.24, 2.45) is 5.73 Å². The van der Waals surface area contributed by atoms with Gasteiger partial charge in [0.15, 0.2) is 5.78 Å². The molecule has 2 aromatic rings. The summed E-state index contributed by atoms with van der Waals surface area (Å²) in [6.45, 7) is 1.92. The normalized spacial score (nSPS) is 18.9. The minimum Gasteiger partial charge on any atom is -0.339 e. The van der Waals surface area contributed by atoms with Crippen LogP contribution in [0.3, 0.4) is 0 Å². The molecule has 0 spiro atoms. The molecule has 0 radical (unpaired) electrons. The van der Waals surface area contributed by atoms with Crippen molar-refractivity contribution in [3.8, 4) is 0 Å². The lowest BCUT2D eigenvalue weighted by Crippen LogP contribution is -2.48. The lowest BCUT2D eigenvalue weighted by atomic mass is 9.88. The molecule has 1 aliphatic carbocycles. The Morgan fingerprint density at radius 2 is 1.81 bits per heavy atom. The Morgan fingerprint density at radius 1 is 1.03 bits per heavy atom. The van der Waals surface area contributed by atoms with Gasteiger partial charge in [-0.15, -0.1) is 0 Å². The van der Waals surface area contributed by atoms with Gasteiger partial charge in [0, 0.05) is 37.3 Å². The van der Waals surface area contributed by atoms with Crippen LogP contribution in [0.5, 0.6) is 0 Å². The summed E-state index contributed by atoms with van der Waals surface area (Å²) in [4.78, 5) is 38.3. The van der Waals surface area contributed by atoms with Crippen LogP contribution in [0, 0.1) is 0 Å². The summed E-state index contributed by atoms with van der Waals surface area (Å²) in [5, 5.41) is 5.37. The van der Waals surface area contributed by atoms with Crippen molar-refractivity contribution in [2.75, 3.05) is 18.4 Å². The molecule has 2 fully saturated rings. The minimum absolute atomic E-state index is 0.0348. The van der Waals surface area contributed by atoms with Gasteiger partial charge < -0.3 is 21.3 Å². The second-order valence-electron chi connectivity index (χ2n) is 8.25. The summed E-state index contributed by atoms with van der Waals surface area (Å²) in [6, 6.07) is 14.5. The van der Waals surface area contributed by atoms with Crippen LogP contribution in [-0.2, 0) is 11.3 Å². The predicted octanol–water partition coefficient (Wildman–Crippen LogP) is 3.02. The highest BCUT2D eigenvalue weighted by atomic mass is 16.2. The third-order valence-corrected chi connectivity index (χ3v) is 6.18. The van der Waals surface area contributed by atoms with Crippen LogP contribution >= 0.6 is 0 Å². The number of hydrogen-bond acceptors (Lipinski definition) is 4. The lowest BCUT2D eigenvalue weighted by Gasteiger charge is -2.32. The average molecular weight is 421 g/mol. The van der Waals surface area contributed by atoms with E-state index in [1.807, 2.05) is 17.0 Å². The molecule has 3 amide bonds. The summed E-state index contributed by atoms with van der Waals surface area (Å²) in [6.07, 6.45) is 3.02. The predicted molar refractivity (Wildman–Crippen MR) is 119 cm³/mol. The third-order valence-electron chi connectivity index (χ3n) is 6.18. The number of piperidine rings is 1. The van der Waals surface area contributed by atoms with Gasteiger partial charge in [0.1, 0.15) is 0 Å². The number of anilines is 1. The average Bonchev–Trinajstić information content (AvgIpc) is 2.81. The Hall–Kier alpha value is -3.19. The zero-order valence-corrected chi connectivity index (χ0v) is 17.5. The van der Waals surface area contributed by atoms with Crippen molar-refractivity contribution >= 4 is 23.4 Å². The van der Waals surface area contributed by atoms with Crippen LogP contribution < -0.4 is 16.4 Å². The topological polar surface area (TPSA) is 105 Å². The molecule has 7 heteroatoms. The number of benzene rings is 2. The van der Waals surface area contributed by atoms with Gasteiger partial charge >= 0.3 is 6.03 Å². The number of urea groups is 1. The number of nitrogens with two attached hydrogens (primary N) is 1. The summed E-state index contributed by atoms with van der Waals surface area (Å²) < 4.78 is 0. The van der Waals surface area contributed by atoms with E-state index >= 15 is 0 Å². The molecule has 1 aliphatic heterocycles. The maximum absolute atomic E-state index is 13.0. The largest absolute Gasteiger partial charge is 0.339 e. The first-order valence-electron chi connectivity index (χ1n) is 10.8. The zero-order chi connectivity index (χ0) is 21.8. The molecule has 2 aromatic carbocycles. The molecule has 1 unspecified atom stereocenters. The van der Waals surface area contributed by atoms with Crippen molar-refractivity contribution in [3.63, 3.8) is 0 Å². The van der Waals surface area contributed by atoms with E-state index in [0.29, 0.717) is 49.6 Å². The highest BCUT2D eigenvalue weighted by molar-refractivity contribution is 5.99. The van der Waals surface area contributed by atoms with Crippen LogP contribution in [0.25, 0.3) is 0 Å². The maximum Gasteiger partial charge on any atom is 0.319 e. The van der Waals surface area contributed by atoms with Crippen molar-refractivity contribution in [1.29, 1.82) is 0 Å². The van der Waals surface area contributed by atoms with Crippen LogP contribution in [0.15, 0.2) is 48.5 Å². The van der Waals surface area contributed by atoms with E-state index < -0.39 is 12.1 Å². The summed E-state index contributed by atoms with van der Waals surface area (Å²) >= 11 is 0. The Balaban J connectivity index is 1.34. The number of Topliss-reactive ketones (excluding diaryl/α,β-unsaturated/α-hetero) is 1. The molecule has 31 heavy (non-hydrogen) atoms. The van der Waals surface area contributed by atoms with Gasteiger partial charge in [0.2, 0.25) is 0 Å². The summed E-state index contributed by atoms with van der Waals surface area (Å²) in [5.41, 5.74) is 9.25. The molecule has 0 aromatic heterocycles. The highest BCUT2D eigenvalue weighted by Gasteiger charge is 2.29. The number of nitrogens with zero attached hydrogens (tertiary/aromatic N) is 1. The molecule has 162 valence electrons. The van der Waals surface area contributed by atoms with Gasteiger partial charge in [-0.3, -0.25) is 9.59 Å². The van der Waals surface area contributed by atoms with Gasteiger partial charge in [-0.2, -0.15) is 0 Å². The summed E-state index contributed by atoms with van der Waals surface area (Å²) in [5.74, 6) is 0.450. The van der Waals surface area contributed by atoms with E-state index in [0.717, 1.165) is 18.4 Å². The maximum atomic E-state index is 13.0. The molecule has 4 N–H and O–H groups in total. The summed E-state index contributed by atoms with van der Waals surface area (Å²) in [7, 11) is 0. The molecule has 1 saturated carbocycles. The molecule has 1 atom stereocenters. The number of rotatable bonds is 5.